The van der Waals surface area contributed by atoms with Crippen LogP contribution < -0.4 is 15.9 Å². The van der Waals surface area contributed by atoms with E-state index < -0.39 is 7.05 Å². The SMILES string of the molecule is CN(C)/N=C/C=C/c1ccccc1N=P(c1ccccc1)(c1ccccc1)c1ccccc1. The molecule has 0 fully saturated rings. The number of allylic oxidation sites excluding steroid dienone is 1. The van der Waals surface area contributed by atoms with E-state index in [-0.39, 0.29) is 0 Å². The van der Waals surface area contributed by atoms with E-state index in [0.29, 0.717) is 0 Å². The lowest BCUT2D eigenvalue weighted by Gasteiger charge is -2.27. The molecule has 0 amide bonds. The van der Waals surface area contributed by atoms with E-state index in [1.807, 2.05) is 20.2 Å². The van der Waals surface area contributed by atoms with E-state index in [9.17, 15) is 0 Å². The van der Waals surface area contributed by atoms with Crippen LogP contribution in [0.15, 0.2) is 131 Å². The summed E-state index contributed by atoms with van der Waals surface area (Å²) in [6.45, 7) is 0. The smallest absolute Gasteiger partial charge is 0.0697 e. The van der Waals surface area contributed by atoms with Crippen LogP contribution in [0.2, 0.25) is 0 Å². The van der Waals surface area contributed by atoms with Crippen molar-refractivity contribution in [3.05, 3.63) is 127 Å². The Balaban J connectivity index is 2.02. The summed E-state index contributed by atoms with van der Waals surface area (Å²) in [5.41, 5.74) is 2.03. The summed E-state index contributed by atoms with van der Waals surface area (Å²) in [4.78, 5) is 0. The fourth-order valence-electron chi connectivity index (χ4n) is 3.75. The third-order valence-electron chi connectivity index (χ3n) is 5.24. The molecular formula is C29H28N3P. The average molecular weight is 450 g/mol. The van der Waals surface area contributed by atoms with Gasteiger partial charge in [-0.2, -0.15) is 5.10 Å². The second-order valence-corrected chi connectivity index (χ2v) is 10.8. The lowest BCUT2D eigenvalue weighted by atomic mass is 10.2. The lowest BCUT2D eigenvalue weighted by Crippen LogP contribution is -2.25. The minimum atomic E-state index is -2.31. The molecule has 0 unspecified atom stereocenters. The number of nitrogens with zero attached hydrogens (tertiary/aromatic N) is 3. The average Bonchev–Trinajstić information content (AvgIpc) is 2.87. The van der Waals surface area contributed by atoms with Gasteiger partial charge in [-0.25, -0.2) is 0 Å². The number of benzene rings is 4. The van der Waals surface area contributed by atoms with Crippen molar-refractivity contribution in [3.8, 4) is 0 Å². The van der Waals surface area contributed by atoms with Crippen LogP contribution in [0, 0.1) is 0 Å². The van der Waals surface area contributed by atoms with Gasteiger partial charge in [0.1, 0.15) is 0 Å². The highest BCUT2D eigenvalue weighted by molar-refractivity contribution is 7.87. The molecule has 0 N–H and O–H groups in total. The van der Waals surface area contributed by atoms with E-state index in [1.165, 1.54) is 15.9 Å². The first-order valence-corrected chi connectivity index (χ1v) is 12.7. The van der Waals surface area contributed by atoms with Gasteiger partial charge in [-0.1, -0.05) is 115 Å². The summed E-state index contributed by atoms with van der Waals surface area (Å²) < 4.78 is 5.62. The molecule has 3 nitrogen and oxygen atoms in total. The van der Waals surface area contributed by atoms with Crippen LogP contribution in [-0.2, 0) is 0 Å². The molecule has 0 aliphatic rings. The Bertz CT molecular complexity index is 1170. The molecule has 0 bridgehead atoms. The minimum Gasteiger partial charge on any atom is -0.303 e. The van der Waals surface area contributed by atoms with Crippen molar-refractivity contribution in [2.24, 2.45) is 9.85 Å². The number of hydrogen-bond acceptors (Lipinski definition) is 3. The summed E-state index contributed by atoms with van der Waals surface area (Å²) in [5.74, 6) is 0. The Morgan fingerprint density at radius 3 is 1.55 bits per heavy atom. The number of hydrogen-bond donors (Lipinski definition) is 0. The molecule has 0 aliphatic heterocycles. The van der Waals surface area contributed by atoms with E-state index in [2.05, 4.69) is 126 Å². The van der Waals surface area contributed by atoms with Crippen LogP contribution in [-0.4, -0.2) is 25.3 Å². The fourth-order valence-corrected chi connectivity index (χ4v) is 7.31. The maximum atomic E-state index is 5.62. The molecule has 0 heterocycles. The van der Waals surface area contributed by atoms with Crippen LogP contribution in [0.1, 0.15) is 5.56 Å². The Labute approximate surface area is 196 Å². The van der Waals surface area contributed by atoms with Crippen molar-refractivity contribution >= 4 is 40.9 Å². The Kier molecular flexibility index (Phi) is 7.34. The molecule has 164 valence electrons. The zero-order valence-electron chi connectivity index (χ0n) is 19.0. The zero-order chi connectivity index (χ0) is 22.9. The largest absolute Gasteiger partial charge is 0.303 e. The predicted molar refractivity (Wildman–Crippen MR) is 145 cm³/mol. The van der Waals surface area contributed by atoms with Gasteiger partial charge in [-0.05, 0) is 12.1 Å². The maximum absolute atomic E-state index is 5.62. The van der Waals surface area contributed by atoms with Crippen LogP contribution in [0.5, 0.6) is 0 Å². The van der Waals surface area contributed by atoms with Crippen LogP contribution in [0.3, 0.4) is 0 Å². The molecule has 33 heavy (non-hydrogen) atoms. The van der Waals surface area contributed by atoms with Crippen LogP contribution in [0.25, 0.3) is 6.08 Å². The van der Waals surface area contributed by atoms with Gasteiger partial charge in [0, 0.05) is 41.8 Å². The van der Waals surface area contributed by atoms with Gasteiger partial charge in [0.05, 0.1) is 12.7 Å². The fraction of sp³-hybridized carbons (Fsp3) is 0.0690. The molecule has 4 heteroatoms. The molecule has 0 spiro atoms. The van der Waals surface area contributed by atoms with Crippen LogP contribution in [0.4, 0.5) is 5.69 Å². The molecule has 0 atom stereocenters. The predicted octanol–water partition coefficient (Wildman–Crippen LogP) is 6.06. The van der Waals surface area contributed by atoms with E-state index in [0.717, 1.165) is 11.3 Å². The maximum Gasteiger partial charge on any atom is 0.0697 e. The van der Waals surface area contributed by atoms with Crippen molar-refractivity contribution in [2.75, 3.05) is 14.1 Å². The van der Waals surface area contributed by atoms with E-state index in [1.54, 1.807) is 11.2 Å². The van der Waals surface area contributed by atoms with Crippen molar-refractivity contribution in [3.63, 3.8) is 0 Å². The topological polar surface area (TPSA) is 28.0 Å². The van der Waals surface area contributed by atoms with E-state index in [4.69, 9.17) is 4.74 Å². The lowest BCUT2D eigenvalue weighted by molar-refractivity contribution is 0.440. The third kappa shape index (κ3) is 5.22. The van der Waals surface area contributed by atoms with Gasteiger partial charge >= 0.3 is 0 Å². The first-order chi connectivity index (χ1) is 16.2. The first-order valence-electron chi connectivity index (χ1n) is 11.0. The van der Waals surface area contributed by atoms with Gasteiger partial charge in [0.25, 0.3) is 0 Å². The van der Waals surface area contributed by atoms with Crippen molar-refractivity contribution in [1.82, 2.24) is 5.01 Å². The van der Waals surface area contributed by atoms with Crippen molar-refractivity contribution in [1.29, 1.82) is 0 Å². The number of hydrazone groups is 1. The van der Waals surface area contributed by atoms with Gasteiger partial charge in [-0.3, -0.25) is 4.74 Å². The third-order valence-corrected chi connectivity index (χ3v) is 8.90. The second kappa shape index (κ2) is 10.8. The van der Waals surface area contributed by atoms with Crippen molar-refractivity contribution in [2.45, 2.75) is 0 Å². The monoisotopic (exact) mass is 449 g/mol. The van der Waals surface area contributed by atoms with Gasteiger partial charge in [0.2, 0.25) is 0 Å². The molecule has 0 aromatic heterocycles. The summed E-state index contributed by atoms with van der Waals surface area (Å²) in [7, 11) is 1.51. The molecule has 0 aliphatic carbocycles. The highest BCUT2D eigenvalue weighted by Crippen LogP contribution is 2.49. The molecular weight excluding hydrogens is 421 g/mol. The highest BCUT2D eigenvalue weighted by atomic mass is 31.2. The summed E-state index contributed by atoms with van der Waals surface area (Å²) in [6.07, 6.45) is 5.83. The second-order valence-electron chi connectivity index (χ2n) is 7.77. The molecule has 0 saturated heterocycles. The summed E-state index contributed by atoms with van der Waals surface area (Å²) in [6, 6.07) is 40.4. The number of rotatable bonds is 7. The standard InChI is InChI=1S/C29H28N3P/c1-32(2)30-24-14-16-25-15-12-13-23-29(25)31-33(26-17-6-3-7-18-26,27-19-8-4-9-20-27)28-21-10-5-11-22-28/h3-24H,1-2H3/b16-14+,30-24+. The summed E-state index contributed by atoms with van der Waals surface area (Å²) >= 11 is 0. The highest BCUT2D eigenvalue weighted by Gasteiger charge is 2.27. The van der Waals surface area contributed by atoms with Gasteiger partial charge < -0.3 is 5.01 Å². The Morgan fingerprint density at radius 1 is 0.606 bits per heavy atom. The Morgan fingerprint density at radius 2 is 1.06 bits per heavy atom. The normalized spacial score (nSPS) is 11.7. The van der Waals surface area contributed by atoms with Crippen LogP contribution >= 0.6 is 7.05 Å². The molecule has 0 saturated carbocycles. The van der Waals surface area contributed by atoms with E-state index >= 15 is 0 Å². The summed E-state index contributed by atoms with van der Waals surface area (Å²) in [5, 5.41) is 9.76. The van der Waals surface area contributed by atoms with Gasteiger partial charge in [0.15, 0.2) is 0 Å². The Hall–Kier alpha value is -3.68. The quantitative estimate of drug-likeness (QED) is 0.192. The van der Waals surface area contributed by atoms with Gasteiger partial charge in [-0.15, -0.1) is 0 Å². The van der Waals surface area contributed by atoms with Crippen molar-refractivity contribution < 1.29 is 0 Å². The zero-order valence-corrected chi connectivity index (χ0v) is 19.9. The molecule has 0 radical (unpaired) electrons. The first kappa shape index (κ1) is 22.5. The molecule has 4 aromatic rings. The molecule has 4 aromatic carbocycles. The molecule has 4 rings (SSSR count). The minimum absolute atomic E-state index is 0.969.